The Labute approximate surface area is 164 Å². The second-order valence-corrected chi connectivity index (χ2v) is 7.54. The number of amides is 2. The van der Waals surface area contributed by atoms with E-state index in [1.165, 1.54) is 0 Å². The molecule has 2 fully saturated rings. The van der Waals surface area contributed by atoms with Crippen LogP contribution in [0.5, 0.6) is 0 Å². The van der Waals surface area contributed by atoms with Crippen molar-refractivity contribution in [2.45, 2.75) is 26.3 Å². The summed E-state index contributed by atoms with van der Waals surface area (Å²) in [5, 5.41) is 4.30. The summed E-state index contributed by atoms with van der Waals surface area (Å²) in [6.07, 6.45) is 7.27. The third-order valence-corrected chi connectivity index (χ3v) is 5.33. The van der Waals surface area contributed by atoms with Crippen LogP contribution in [0, 0.1) is 5.92 Å². The molecule has 2 aliphatic rings. The number of piperazine rings is 1. The van der Waals surface area contributed by atoms with Crippen LogP contribution in [-0.2, 0) is 9.59 Å². The predicted molar refractivity (Wildman–Crippen MR) is 104 cm³/mol. The third kappa shape index (κ3) is 3.56. The van der Waals surface area contributed by atoms with Crippen LogP contribution < -0.4 is 9.80 Å². The van der Waals surface area contributed by atoms with Crippen molar-refractivity contribution < 1.29 is 9.59 Å². The Balaban J connectivity index is 1.36. The van der Waals surface area contributed by atoms with Crippen LogP contribution in [0.15, 0.2) is 30.9 Å². The molecule has 4 heterocycles. The summed E-state index contributed by atoms with van der Waals surface area (Å²) in [6.45, 7) is 7.12. The molecule has 0 saturated carbocycles. The van der Waals surface area contributed by atoms with Crippen molar-refractivity contribution in [2.24, 2.45) is 5.92 Å². The molecule has 0 aliphatic carbocycles. The molecule has 2 saturated heterocycles. The third-order valence-electron chi connectivity index (χ3n) is 5.33. The van der Waals surface area contributed by atoms with Gasteiger partial charge in [-0.15, -0.1) is 0 Å². The maximum Gasteiger partial charge on any atom is 0.228 e. The SMILES string of the molecule is CC(C)n1cc(N2C[C@H](C(=O)N3CCN(c4ncccn4)CC3)CC2=O)cn1. The van der Waals surface area contributed by atoms with E-state index in [1.807, 2.05) is 29.6 Å². The lowest BCUT2D eigenvalue weighted by Crippen LogP contribution is -2.51. The Morgan fingerprint density at radius 2 is 1.86 bits per heavy atom. The molecule has 9 heteroatoms. The maximum atomic E-state index is 13.0. The fraction of sp³-hybridized carbons (Fsp3) is 0.526. The van der Waals surface area contributed by atoms with Gasteiger partial charge in [-0.25, -0.2) is 9.97 Å². The lowest BCUT2D eigenvalue weighted by molar-refractivity contribution is -0.136. The van der Waals surface area contributed by atoms with Gasteiger partial charge in [0.2, 0.25) is 17.8 Å². The van der Waals surface area contributed by atoms with E-state index in [0.717, 1.165) is 5.69 Å². The van der Waals surface area contributed by atoms with Crippen LogP contribution in [0.4, 0.5) is 11.6 Å². The number of carbonyl (C=O) groups excluding carboxylic acids is 2. The smallest absolute Gasteiger partial charge is 0.228 e. The summed E-state index contributed by atoms with van der Waals surface area (Å²) < 4.78 is 1.82. The van der Waals surface area contributed by atoms with E-state index in [0.29, 0.717) is 38.7 Å². The number of hydrogen-bond acceptors (Lipinski definition) is 6. The topological polar surface area (TPSA) is 87.5 Å². The molecule has 2 aromatic rings. The summed E-state index contributed by atoms with van der Waals surface area (Å²) in [5.74, 6) is 0.437. The quantitative estimate of drug-likeness (QED) is 0.781. The summed E-state index contributed by atoms with van der Waals surface area (Å²) in [6, 6.07) is 2.02. The molecule has 2 amide bonds. The number of carbonyl (C=O) groups is 2. The summed E-state index contributed by atoms with van der Waals surface area (Å²) in [5.41, 5.74) is 0.764. The average Bonchev–Trinajstić information content (AvgIpc) is 3.35. The molecule has 0 bridgehead atoms. The first-order valence-corrected chi connectivity index (χ1v) is 9.68. The maximum absolute atomic E-state index is 13.0. The van der Waals surface area contributed by atoms with Crippen molar-refractivity contribution in [3.63, 3.8) is 0 Å². The number of rotatable bonds is 4. The minimum atomic E-state index is -0.297. The van der Waals surface area contributed by atoms with E-state index < -0.39 is 0 Å². The molecule has 2 aliphatic heterocycles. The normalized spacial score (nSPS) is 20.3. The lowest BCUT2D eigenvalue weighted by Gasteiger charge is -2.35. The van der Waals surface area contributed by atoms with Gasteiger partial charge in [-0.05, 0) is 19.9 Å². The molecule has 0 radical (unpaired) electrons. The zero-order valence-electron chi connectivity index (χ0n) is 16.2. The van der Waals surface area contributed by atoms with Crippen molar-refractivity contribution >= 4 is 23.5 Å². The van der Waals surface area contributed by atoms with Crippen LogP contribution in [0.25, 0.3) is 0 Å². The second-order valence-electron chi connectivity index (χ2n) is 7.54. The van der Waals surface area contributed by atoms with Crippen LogP contribution >= 0.6 is 0 Å². The monoisotopic (exact) mass is 383 g/mol. The van der Waals surface area contributed by atoms with Crippen molar-refractivity contribution in [3.8, 4) is 0 Å². The highest BCUT2D eigenvalue weighted by atomic mass is 16.2. The lowest BCUT2D eigenvalue weighted by atomic mass is 10.1. The van der Waals surface area contributed by atoms with E-state index in [4.69, 9.17) is 0 Å². The van der Waals surface area contributed by atoms with E-state index >= 15 is 0 Å². The van der Waals surface area contributed by atoms with Gasteiger partial charge in [0.05, 0.1) is 17.8 Å². The van der Waals surface area contributed by atoms with Crippen molar-refractivity contribution in [2.75, 3.05) is 42.5 Å². The van der Waals surface area contributed by atoms with Crippen molar-refractivity contribution in [3.05, 3.63) is 30.9 Å². The Kier molecular flexibility index (Phi) is 4.97. The zero-order chi connectivity index (χ0) is 19.7. The Hall–Kier alpha value is -2.97. The van der Waals surface area contributed by atoms with Gasteiger partial charge >= 0.3 is 0 Å². The molecule has 2 aromatic heterocycles. The van der Waals surface area contributed by atoms with Gasteiger partial charge in [0.25, 0.3) is 0 Å². The minimum Gasteiger partial charge on any atom is -0.339 e. The highest BCUT2D eigenvalue weighted by Crippen LogP contribution is 2.27. The zero-order valence-corrected chi connectivity index (χ0v) is 16.2. The van der Waals surface area contributed by atoms with E-state index in [2.05, 4.69) is 20.0 Å². The molecule has 4 rings (SSSR count). The predicted octanol–water partition coefficient (Wildman–Crippen LogP) is 0.956. The van der Waals surface area contributed by atoms with Gasteiger partial charge in [0.15, 0.2) is 0 Å². The van der Waals surface area contributed by atoms with Crippen molar-refractivity contribution in [1.82, 2.24) is 24.6 Å². The molecule has 0 aromatic carbocycles. The molecule has 0 spiro atoms. The van der Waals surface area contributed by atoms with Gasteiger partial charge in [0, 0.05) is 63.8 Å². The van der Waals surface area contributed by atoms with Crippen LogP contribution in [0.1, 0.15) is 26.3 Å². The first-order chi connectivity index (χ1) is 13.5. The number of aromatic nitrogens is 4. The van der Waals surface area contributed by atoms with Gasteiger partial charge in [0.1, 0.15) is 0 Å². The van der Waals surface area contributed by atoms with Gasteiger partial charge in [-0.1, -0.05) is 0 Å². The number of hydrogen-bond donors (Lipinski definition) is 0. The minimum absolute atomic E-state index is 0.0158. The van der Waals surface area contributed by atoms with E-state index in [9.17, 15) is 9.59 Å². The highest BCUT2D eigenvalue weighted by Gasteiger charge is 2.38. The Bertz CT molecular complexity index is 843. The fourth-order valence-electron chi connectivity index (χ4n) is 3.71. The van der Waals surface area contributed by atoms with E-state index in [-0.39, 0.29) is 30.2 Å². The Morgan fingerprint density at radius 3 is 2.50 bits per heavy atom. The molecular weight excluding hydrogens is 358 g/mol. The van der Waals surface area contributed by atoms with Gasteiger partial charge < -0.3 is 14.7 Å². The number of nitrogens with zero attached hydrogens (tertiary/aromatic N) is 7. The van der Waals surface area contributed by atoms with E-state index in [1.54, 1.807) is 29.6 Å². The van der Waals surface area contributed by atoms with Crippen molar-refractivity contribution in [1.29, 1.82) is 0 Å². The molecule has 0 N–H and O–H groups in total. The first kappa shape index (κ1) is 18.4. The summed E-state index contributed by atoms with van der Waals surface area (Å²) in [7, 11) is 0. The second kappa shape index (κ2) is 7.57. The Morgan fingerprint density at radius 1 is 1.14 bits per heavy atom. The van der Waals surface area contributed by atoms with Crippen LogP contribution in [-0.4, -0.2) is 69.2 Å². The molecular formula is C19H25N7O2. The molecule has 0 unspecified atom stereocenters. The van der Waals surface area contributed by atoms with Crippen LogP contribution in [0.2, 0.25) is 0 Å². The van der Waals surface area contributed by atoms with Crippen LogP contribution in [0.3, 0.4) is 0 Å². The molecule has 1 atom stereocenters. The first-order valence-electron chi connectivity index (χ1n) is 9.68. The number of anilines is 2. The highest BCUT2D eigenvalue weighted by molar-refractivity contribution is 6.00. The standard InChI is InChI=1S/C19H25N7O2/c1-14(2)26-13-16(11-22-26)25-12-15(10-17(25)27)18(28)23-6-8-24(9-7-23)19-20-4-3-5-21-19/h3-5,11,13-15H,6-10,12H2,1-2H3/t15-/m1/s1. The van der Waals surface area contributed by atoms with Gasteiger partial charge in [-0.3, -0.25) is 14.3 Å². The van der Waals surface area contributed by atoms with Gasteiger partial charge in [-0.2, -0.15) is 5.10 Å². The largest absolute Gasteiger partial charge is 0.339 e. The molecule has 9 nitrogen and oxygen atoms in total. The molecule has 28 heavy (non-hydrogen) atoms. The average molecular weight is 383 g/mol. The molecule has 148 valence electrons. The summed E-state index contributed by atoms with van der Waals surface area (Å²) in [4.78, 5) is 39.6. The summed E-state index contributed by atoms with van der Waals surface area (Å²) >= 11 is 0. The fourth-order valence-corrected chi connectivity index (χ4v) is 3.71.